The van der Waals surface area contributed by atoms with E-state index in [2.05, 4.69) is 5.32 Å². The fourth-order valence-electron chi connectivity index (χ4n) is 3.21. The number of ether oxygens (including phenoxy) is 1. The van der Waals surface area contributed by atoms with Crippen LogP contribution in [0.4, 0.5) is 0 Å². The van der Waals surface area contributed by atoms with Crippen molar-refractivity contribution in [3.63, 3.8) is 0 Å². The standard InChI is InChI=1S/C17H22Cl2N2O3/c18-14-2-1-11(7-15(14)19)10-24-13-3-5-21(6-4-13)17(23)16-8-12(22)9-20-16/h1-2,7,12-13,16,20,22H,3-6,8-10H2/t12-,16-/m0/s1. The fourth-order valence-corrected chi connectivity index (χ4v) is 3.53. The molecule has 0 saturated carbocycles. The van der Waals surface area contributed by atoms with Crippen LogP contribution < -0.4 is 5.32 Å². The Labute approximate surface area is 151 Å². The van der Waals surface area contributed by atoms with Gasteiger partial charge < -0.3 is 20.1 Å². The summed E-state index contributed by atoms with van der Waals surface area (Å²) in [6.07, 6.45) is 1.88. The molecule has 0 bridgehead atoms. The molecule has 2 saturated heterocycles. The summed E-state index contributed by atoms with van der Waals surface area (Å²) in [5, 5.41) is 13.7. The third-order valence-corrected chi connectivity index (χ3v) is 5.37. The number of carbonyl (C=O) groups excluding carboxylic acids is 1. The number of β-amino-alcohol motifs (C(OH)–C–C–N with tert-alkyl or cyclic N) is 1. The van der Waals surface area contributed by atoms with Crippen LogP contribution in [-0.4, -0.2) is 53.8 Å². The van der Waals surface area contributed by atoms with Crippen molar-refractivity contribution < 1.29 is 14.6 Å². The molecule has 132 valence electrons. The van der Waals surface area contributed by atoms with E-state index in [-0.39, 0.29) is 18.1 Å². The summed E-state index contributed by atoms with van der Waals surface area (Å²) in [5.74, 6) is 0.0921. The summed E-state index contributed by atoms with van der Waals surface area (Å²) in [6, 6.07) is 5.25. The van der Waals surface area contributed by atoms with Gasteiger partial charge in [-0.2, -0.15) is 0 Å². The predicted molar refractivity (Wildman–Crippen MR) is 93.3 cm³/mol. The monoisotopic (exact) mass is 372 g/mol. The van der Waals surface area contributed by atoms with Crippen molar-refractivity contribution in [3.05, 3.63) is 33.8 Å². The van der Waals surface area contributed by atoms with Crippen LogP contribution in [0, 0.1) is 0 Å². The first kappa shape index (κ1) is 18.0. The number of amides is 1. The average Bonchev–Trinajstić information content (AvgIpc) is 3.02. The molecule has 2 aliphatic heterocycles. The van der Waals surface area contributed by atoms with E-state index in [9.17, 15) is 9.90 Å². The molecule has 0 aliphatic carbocycles. The van der Waals surface area contributed by atoms with Crippen LogP contribution in [0.2, 0.25) is 10.0 Å². The highest BCUT2D eigenvalue weighted by Crippen LogP contribution is 2.24. The minimum Gasteiger partial charge on any atom is -0.392 e. The van der Waals surface area contributed by atoms with Gasteiger partial charge in [-0.25, -0.2) is 0 Å². The third kappa shape index (κ3) is 4.41. The summed E-state index contributed by atoms with van der Waals surface area (Å²) in [4.78, 5) is 14.3. The molecule has 2 atom stereocenters. The van der Waals surface area contributed by atoms with Crippen molar-refractivity contribution in [1.82, 2.24) is 10.2 Å². The van der Waals surface area contributed by atoms with Crippen LogP contribution in [0.5, 0.6) is 0 Å². The molecule has 2 N–H and O–H groups in total. The normalized spacial score (nSPS) is 25.2. The zero-order valence-electron chi connectivity index (χ0n) is 13.4. The number of hydrogen-bond donors (Lipinski definition) is 2. The van der Waals surface area contributed by atoms with Crippen molar-refractivity contribution in [2.75, 3.05) is 19.6 Å². The molecule has 2 heterocycles. The van der Waals surface area contributed by atoms with Gasteiger partial charge in [-0.15, -0.1) is 0 Å². The van der Waals surface area contributed by atoms with Crippen molar-refractivity contribution >= 4 is 29.1 Å². The first-order valence-electron chi connectivity index (χ1n) is 8.28. The van der Waals surface area contributed by atoms with Crippen molar-refractivity contribution in [2.45, 2.75) is 44.1 Å². The first-order chi connectivity index (χ1) is 11.5. The number of likely N-dealkylation sites (tertiary alicyclic amines) is 1. The Bertz CT molecular complexity index is 591. The highest BCUT2D eigenvalue weighted by Gasteiger charge is 2.33. The van der Waals surface area contributed by atoms with E-state index in [1.165, 1.54) is 0 Å². The van der Waals surface area contributed by atoms with Gasteiger partial charge in [0.15, 0.2) is 0 Å². The van der Waals surface area contributed by atoms with E-state index in [0.29, 0.717) is 42.7 Å². The Kier molecular flexibility index (Phi) is 6.00. The zero-order chi connectivity index (χ0) is 17.1. The smallest absolute Gasteiger partial charge is 0.239 e. The molecule has 24 heavy (non-hydrogen) atoms. The Morgan fingerprint density at radius 3 is 2.67 bits per heavy atom. The number of aliphatic hydroxyl groups is 1. The number of rotatable bonds is 4. The van der Waals surface area contributed by atoms with Crippen LogP contribution in [0.15, 0.2) is 18.2 Å². The minimum atomic E-state index is -0.411. The summed E-state index contributed by atoms with van der Waals surface area (Å²) in [5.41, 5.74) is 0.993. The maximum absolute atomic E-state index is 12.4. The second-order valence-corrected chi connectivity index (χ2v) is 7.25. The molecule has 1 amide bonds. The maximum atomic E-state index is 12.4. The predicted octanol–water partition coefficient (Wildman–Crippen LogP) is 2.22. The van der Waals surface area contributed by atoms with Gasteiger partial charge in [0.2, 0.25) is 5.91 Å². The van der Waals surface area contributed by atoms with Crippen LogP contribution in [0.1, 0.15) is 24.8 Å². The second kappa shape index (κ2) is 8.02. The van der Waals surface area contributed by atoms with Crippen LogP contribution in [-0.2, 0) is 16.1 Å². The summed E-state index contributed by atoms with van der Waals surface area (Å²) < 4.78 is 5.94. The largest absolute Gasteiger partial charge is 0.392 e. The Morgan fingerprint density at radius 2 is 2.04 bits per heavy atom. The number of nitrogens with zero attached hydrogens (tertiary/aromatic N) is 1. The van der Waals surface area contributed by atoms with Gasteiger partial charge in [-0.3, -0.25) is 4.79 Å². The minimum absolute atomic E-state index is 0.0921. The van der Waals surface area contributed by atoms with Crippen LogP contribution in [0.25, 0.3) is 0 Å². The van der Waals surface area contributed by atoms with E-state index < -0.39 is 6.10 Å². The molecule has 2 aliphatic rings. The number of piperidine rings is 1. The second-order valence-electron chi connectivity index (χ2n) is 6.43. The zero-order valence-corrected chi connectivity index (χ0v) is 14.9. The van der Waals surface area contributed by atoms with Crippen molar-refractivity contribution in [2.24, 2.45) is 0 Å². The molecule has 5 nitrogen and oxygen atoms in total. The van der Waals surface area contributed by atoms with Gasteiger partial charge in [0.1, 0.15) is 0 Å². The van der Waals surface area contributed by atoms with Crippen molar-refractivity contribution in [1.29, 1.82) is 0 Å². The fraction of sp³-hybridized carbons (Fsp3) is 0.588. The van der Waals surface area contributed by atoms with Gasteiger partial charge in [-0.05, 0) is 37.0 Å². The number of benzene rings is 1. The summed E-state index contributed by atoms with van der Waals surface area (Å²) >= 11 is 11.9. The summed E-state index contributed by atoms with van der Waals surface area (Å²) in [6.45, 7) is 2.38. The molecule has 0 aromatic heterocycles. The molecule has 1 aromatic carbocycles. The molecule has 7 heteroatoms. The Hall–Kier alpha value is -0.850. The van der Waals surface area contributed by atoms with E-state index in [1.54, 1.807) is 6.07 Å². The van der Waals surface area contributed by atoms with Crippen LogP contribution in [0.3, 0.4) is 0 Å². The van der Waals surface area contributed by atoms with E-state index in [1.807, 2.05) is 17.0 Å². The highest BCUT2D eigenvalue weighted by molar-refractivity contribution is 6.42. The molecule has 0 radical (unpaired) electrons. The number of halogens is 2. The van der Waals surface area contributed by atoms with Gasteiger partial charge in [0.05, 0.1) is 34.9 Å². The van der Waals surface area contributed by atoms with Crippen molar-refractivity contribution in [3.8, 4) is 0 Å². The lowest BCUT2D eigenvalue weighted by molar-refractivity contribution is -0.136. The number of hydrogen-bond acceptors (Lipinski definition) is 4. The lowest BCUT2D eigenvalue weighted by atomic mass is 10.1. The molecule has 2 fully saturated rings. The molecule has 0 spiro atoms. The maximum Gasteiger partial charge on any atom is 0.239 e. The SMILES string of the molecule is O=C([C@@H]1C[C@H](O)CN1)N1CCC(OCc2ccc(Cl)c(Cl)c2)CC1. The molecule has 3 rings (SSSR count). The quantitative estimate of drug-likeness (QED) is 0.850. The van der Waals surface area contributed by atoms with E-state index in [0.717, 1.165) is 18.4 Å². The van der Waals surface area contributed by atoms with E-state index in [4.69, 9.17) is 27.9 Å². The molecule has 0 unspecified atom stereocenters. The van der Waals surface area contributed by atoms with Gasteiger partial charge >= 0.3 is 0 Å². The third-order valence-electron chi connectivity index (χ3n) is 4.63. The van der Waals surface area contributed by atoms with E-state index >= 15 is 0 Å². The Morgan fingerprint density at radius 1 is 1.29 bits per heavy atom. The number of nitrogens with one attached hydrogen (secondary N) is 1. The molecular formula is C17H22Cl2N2O3. The summed E-state index contributed by atoms with van der Waals surface area (Å²) in [7, 11) is 0. The molecular weight excluding hydrogens is 351 g/mol. The highest BCUT2D eigenvalue weighted by atomic mass is 35.5. The van der Waals surface area contributed by atoms with Gasteiger partial charge in [-0.1, -0.05) is 29.3 Å². The number of aliphatic hydroxyl groups excluding tert-OH is 1. The first-order valence-corrected chi connectivity index (χ1v) is 9.04. The average molecular weight is 373 g/mol. The Balaban J connectivity index is 1.43. The van der Waals surface area contributed by atoms with Crippen LogP contribution >= 0.6 is 23.2 Å². The lowest BCUT2D eigenvalue weighted by Gasteiger charge is -2.33. The topological polar surface area (TPSA) is 61.8 Å². The van der Waals surface area contributed by atoms with Gasteiger partial charge in [0, 0.05) is 19.6 Å². The number of carbonyl (C=O) groups is 1. The lowest BCUT2D eigenvalue weighted by Crippen LogP contribution is -2.48. The van der Waals surface area contributed by atoms with Gasteiger partial charge in [0.25, 0.3) is 0 Å². The molecule has 1 aromatic rings.